The highest BCUT2D eigenvalue weighted by Gasteiger charge is 2.30. The van der Waals surface area contributed by atoms with E-state index in [-0.39, 0.29) is 17.6 Å². The van der Waals surface area contributed by atoms with Crippen molar-refractivity contribution >= 4 is 17.6 Å². The summed E-state index contributed by atoms with van der Waals surface area (Å²) in [5.74, 6) is -1.01. The third-order valence-corrected chi connectivity index (χ3v) is 4.25. The Hall–Kier alpha value is -2.83. The average Bonchev–Trinajstić information content (AvgIpc) is 2.66. The Labute approximate surface area is 161 Å². The standard InChI is InChI=1S/C21H22F3NO3/c1-3-15(20(27)28-4-2)12-14-6-5-7-16(13-14)19(26)25-18-10-8-17(9-11-18)21(22,23)24/h5-11,13,15H,3-4,12H2,1-2H3,(H,25,26). The Morgan fingerprint density at radius 3 is 2.32 bits per heavy atom. The van der Waals surface area contributed by atoms with Crippen molar-refractivity contribution < 1.29 is 27.5 Å². The minimum Gasteiger partial charge on any atom is -0.466 e. The maximum absolute atomic E-state index is 12.6. The first-order chi connectivity index (χ1) is 13.2. The number of hydrogen-bond acceptors (Lipinski definition) is 3. The number of benzene rings is 2. The summed E-state index contributed by atoms with van der Waals surface area (Å²) >= 11 is 0. The summed E-state index contributed by atoms with van der Waals surface area (Å²) in [6.07, 6.45) is -3.37. The SMILES string of the molecule is CCOC(=O)C(CC)Cc1cccc(C(=O)Nc2ccc(C(F)(F)F)cc2)c1. The van der Waals surface area contributed by atoms with Gasteiger partial charge in [0, 0.05) is 11.3 Å². The molecular weight excluding hydrogens is 371 g/mol. The van der Waals surface area contributed by atoms with Gasteiger partial charge in [-0.05, 0) is 61.7 Å². The highest BCUT2D eigenvalue weighted by Crippen LogP contribution is 2.29. The fourth-order valence-corrected chi connectivity index (χ4v) is 2.72. The summed E-state index contributed by atoms with van der Waals surface area (Å²) in [6, 6.07) is 11.0. The molecule has 0 aromatic heterocycles. The number of hydrogen-bond donors (Lipinski definition) is 1. The predicted octanol–water partition coefficient (Wildman–Crippen LogP) is 5.09. The van der Waals surface area contributed by atoms with Gasteiger partial charge in [0.05, 0.1) is 18.1 Å². The van der Waals surface area contributed by atoms with Crippen LogP contribution in [-0.2, 0) is 22.1 Å². The van der Waals surface area contributed by atoms with E-state index in [1.165, 1.54) is 12.1 Å². The molecule has 28 heavy (non-hydrogen) atoms. The topological polar surface area (TPSA) is 55.4 Å². The lowest BCUT2D eigenvalue weighted by Gasteiger charge is -2.14. The molecule has 0 spiro atoms. The smallest absolute Gasteiger partial charge is 0.416 e. The molecule has 0 saturated heterocycles. The lowest BCUT2D eigenvalue weighted by molar-refractivity contribution is -0.148. The van der Waals surface area contributed by atoms with Gasteiger partial charge < -0.3 is 10.1 Å². The number of halogens is 3. The first kappa shape index (κ1) is 21.5. The number of rotatable bonds is 7. The summed E-state index contributed by atoms with van der Waals surface area (Å²) < 4.78 is 42.9. The number of carbonyl (C=O) groups is 2. The molecule has 7 heteroatoms. The van der Waals surface area contributed by atoms with E-state index in [0.717, 1.165) is 17.7 Å². The third-order valence-electron chi connectivity index (χ3n) is 4.25. The van der Waals surface area contributed by atoms with Crippen LogP contribution in [0.3, 0.4) is 0 Å². The van der Waals surface area contributed by atoms with Crippen LogP contribution in [0.2, 0.25) is 0 Å². The molecular formula is C21H22F3NO3. The van der Waals surface area contributed by atoms with Gasteiger partial charge in [0.2, 0.25) is 0 Å². The predicted molar refractivity (Wildman–Crippen MR) is 100.0 cm³/mol. The maximum atomic E-state index is 12.6. The summed E-state index contributed by atoms with van der Waals surface area (Å²) in [6.45, 7) is 3.95. The monoisotopic (exact) mass is 393 g/mol. The zero-order valence-electron chi connectivity index (χ0n) is 15.7. The molecule has 150 valence electrons. The molecule has 4 nitrogen and oxygen atoms in total. The minimum atomic E-state index is -4.42. The van der Waals surface area contributed by atoms with Gasteiger partial charge in [0.25, 0.3) is 5.91 Å². The van der Waals surface area contributed by atoms with Crippen molar-refractivity contribution in [2.75, 3.05) is 11.9 Å². The molecule has 0 aliphatic carbocycles. The van der Waals surface area contributed by atoms with Crippen LogP contribution >= 0.6 is 0 Å². The molecule has 0 radical (unpaired) electrons. The van der Waals surface area contributed by atoms with Crippen LogP contribution in [0.5, 0.6) is 0 Å². The highest BCUT2D eigenvalue weighted by atomic mass is 19.4. The molecule has 0 bridgehead atoms. The Morgan fingerprint density at radius 1 is 1.07 bits per heavy atom. The second-order valence-electron chi connectivity index (χ2n) is 6.29. The lowest BCUT2D eigenvalue weighted by Crippen LogP contribution is -2.19. The fraction of sp³-hybridized carbons (Fsp3) is 0.333. The van der Waals surface area contributed by atoms with E-state index < -0.39 is 17.6 Å². The molecule has 0 heterocycles. The van der Waals surface area contributed by atoms with Crippen LogP contribution in [0.4, 0.5) is 18.9 Å². The number of nitrogens with one attached hydrogen (secondary N) is 1. The van der Waals surface area contributed by atoms with E-state index in [2.05, 4.69) is 5.32 Å². The maximum Gasteiger partial charge on any atom is 0.416 e. The van der Waals surface area contributed by atoms with E-state index >= 15 is 0 Å². The zero-order chi connectivity index (χ0) is 20.7. The van der Waals surface area contributed by atoms with Crippen molar-refractivity contribution in [3.8, 4) is 0 Å². The molecule has 0 saturated carbocycles. The molecule has 1 N–H and O–H groups in total. The molecule has 1 unspecified atom stereocenters. The summed E-state index contributed by atoms with van der Waals surface area (Å²) in [5.41, 5.74) is 0.648. The van der Waals surface area contributed by atoms with E-state index in [4.69, 9.17) is 4.74 Å². The number of esters is 1. The zero-order valence-corrected chi connectivity index (χ0v) is 15.7. The first-order valence-electron chi connectivity index (χ1n) is 8.98. The Morgan fingerprint density at radius 2 is 1.75 bits per heavy atom. The number of anilines is 1. The molecule has 1 amide bonds. The van der Waals surface area contributed by atoms with Crippen molar-refractivity contribution in [1.82, 2.24) is 0 Å². The number of ether oxygens (including phenoxy) is 1. The van der Waals surface area contributed by atoms with Gasteiger partial charge in [0.15, 0.2) is 0 Å². The summed E-state index contributed by atoms with van der Waals surface area (Å²) in [4.78, 5) is 24.4. The van der Waals surface area contributed by atoms with Crippen LogP contribution in [0.15, 0.2) is 48.5 Å². The van der Waals surface area contributed by atoms with Crippen molar-refractivity contribution in [1.29, 1.82) is 0 Å². The Bertz CT molecular complexity index is 816. The number of amides is 1. The number of carbonyl (C=O) groups excluding carboxylic acids is 2. The van der Waals surface area contributed by atoms with Crippen LogP contribution in [0.1, 0.15) is 41.8 Å². The van der Waals surface area contributed by atoms with Gasteiger partial charge in [-0.1, -0.05) is 19.1 Å². The lowest BCUT2D eigenvalue weighted by atomic mass is 9.96. The highest BCUT2D eigenvalue weighted by molar-refractivity contribution is 6.04. The van der Waals surface area contributed by atoms with Gasteiger partial charge in [-0.15, -0.1) is 0 Å². The van der Waals surface area contributed by atoms with Crippen LogP contribution in [0.25, 0.3) is 0 Å². The van der Waals surface area contributed by atoms with Crippen molar-refractivity contribution in [3.05, 3.63) is 65.2 Å². The average molecular weight is 393 g/mol. The number of alkyl halides is 3. The molecule has 2 rings (SSSR count). The molecule has 1 atom stereocenters. The molecule has 0 fully saturated rings. The van der Waals surface area contributed by atoms with E-state index in [9.17, 15) is 22.8 Å². The first-order valence-corrected chi connectivity index (χ1v) is 8.98. The van der Waals surface area contributed by atoms with Gasteiger partial charge in [-0.25, -0.2) is 0 Å². The van der Waals surface area contributed by atoms with Gasteiger partial charge in [-0.2, -0.15) is 13.2 Å². The van der Waals surface area contributed by atoms with Gasteiger partial charge in [-0.3, -0.25) is 9.59 Å². The molecule has 0 aliphatic heterocycles. The van der Waals surface area contributed by atoms with Crippen molar-refractivity contribution in [3.63, 3.8) is 0 Å². The molecule has 0 aliphatic rings. The van der Waals surface area contributed by atoms with Crippen LogP contribution in [-0.4, -0.2) is 18.5 Å². The molecule has 2 aromatic carbocycles. The second-order valence-corrected chi connectivity index (χ2v) is 6.29. The van der Waals surface area contributed by atoms with Gasteiger partial charge in [0.1, 0.15) is 0 Å². The Kier molecular flexibility index (Phi) is 7.20. The Balaban J connectivity index is 2.08. The van der Waals surface area contributed by atoms with Crippen molar-refractivity contribution in [2.24, 2.45) is 5.92 Å². The van der Waals surface area contributed by atoms with E-state index in [0.29, 0.717) is 25.0 Å². The minimum absolute atomic E-state index is 0.265. The fourth-order valence-electron chi connectivity index (χ4n) is 2.72. The third kappa shape index (κ3) is 5.84. The summed E-state index contributed by atoms with van der Waals surface area (Å²) in [7, 11) is 0. The second kappa shape index (κ2) is 9.39. The summed E-state index contributed by atoms with van der Waals surface area (Å²) in [5, 5.41) is 2.58. The molecule has 2 aromatic rings. The largest absolute Gasteiger partial charge is 0.466 e. The van der Waals surface area contributed by atoms with Crippen LogP contribution in [0, 0.1) is 5.92 Å². The van der Waals surface area contributed by atoms with E-state index in [1.807, 2.05) is 13.0 Å². The quantitative estimate of drug-likeness (QED) is 0.667. The normalized spacial score (nSPS) is 12.3. The van der Waals surface area contributed by atoms with Crippen molar-refractivity contribution in [2.45, 2.75) is 32.9 Å². The van der Waals surface area contributed by atoms with Gasteiger partial charge >= 0.3 is 12.1 Å². The van der Waals surface area contributed by atoms with E-state index in [1.54, 1.807) is 25.1 Å². The van der Waals surface area contributed by atoms with Crippen LogP contribution < -0.4 is 5.32 Å².